The Hall–Kier alpha value is 0.120. The number of hydrogen-bond acceptors (Lipinski definition) is 4. The van der Waals surface area contributed by atoms with Crippen LogP contribution in [-0.2, 0) is 0 Å². The molecule has 0 spiro atoms. The quantitative estimate of drug-likeness (QED) is 0.100. The molecule has 0 heterocycles. The first-order valence-electron chi connectivity index (χ1n) is 12.6. The van der Waals surface area contributed by atoms with E-state index in [0.29, 0.717) is 0 Å². The average Bonchev–Trinajstić information content (AvgIpc) is 2.75. The second-order valence-corrected chi connectivity index (χ2v) is 9.92. The fourth-order valence-corrected chi connectivity index (χ4v) is 4.48. The maximum atomic E-state index is 4.76. The number of nitrogens with one attached hydrogen (secondary N) is 2. The fraction of sp³-hybridized carbons (Fsp3) is 0.917. The zero-order valence-electron chi connectivity index (χ0n) is 20.8. The summed E-state index contributed by atoms with van der Waals surface area (Å²) in [6.07, 6.45) is 14.9. The van der Waals surface area contributed by atoms with E-state index in [-0.39, 0.29) is 17.0 Å². The van der Waals surface area contributed by atoms with E-state index in [4.69, 9.17) is 9.98 Å². The number of nitrogens with zero attached hydrogens (tertiary/aromatic N) is 2. The van der Waals surface area contributed by atoms with Crippen molar-refractivity contribution < 1.29 is 0 Å². The summed E-state index contributed by atoms with van der Waals surface area (Å²) < 4.78 is 0. The van der Waals surface area contributed by atoms with Crippen LogP contribution in [0.1, 0.15) is 105 Å². The van der Waals surface area contributed by atoms with E-state index in [0.717, 1.165) is 26.2 Å². The highest BCUT2D eigenvalue weighted by Crippen LogP contribution is 2.12. The first-order chi connectivity index (χ1) is 14.8. The predicted octanol–water partition coefficient (Wildman–Crippen LogP) is 7.68. The Morgan fingerprint density at radius 3 is 1.29 bits per heavy atom. The lowest BCUT2D eigenvalue weighted by Crippen LogP contribution is -2.22. The lowest BCUT2D eigenvalue weighted by molar-refractivity contribution is 0.711. The Labute approximate surface area is 213 Å². The van der Waals surface area contributed by atoms with Gasteiger partial charge in [-0.1, -0.05) is 89.7 Å². The lowest BCUT2D eigenvalue weighted by atomic mass is 10.2. The molecule has 0 unspecified atom stereocenters. The first kappa shape index (κ1) is 33.3. The molecule has 0 fully saturated rings. The molecule has 0 aliphatic heterocycles. The minimum Gasteiger partial charge on any atom is -0.365 e. The topological polar surface area (TPSA) is 48.8 Å². The van der Waals surface area contributed by atoms with Gasteiger partial charge in [-0.05, 0) is 38.5 Å². The molecule has 0 aliphatic carbocycles. The van der Waals surface area contributed by atoms with E-state index in [1.807, 2.05) is 23.5 Å². The molecule has 31 heavy (non-hydrogen) atoms. The standard InChI is InChI=1S/C24H50N4S2.BrH/c1-5-9-17-25-23(26-18-10-6-2)29-21-15-13-14-16-22-30-24(27-19-11-7-3)28-20-12-8-4;/h5-22H2,1-4H3,(H,25,26)(H,27,28);1H. The molecule has 0 rings (SSSR count). The summed E-state index contributed by atoms with van der Waals surface area (Å²) in [6.45, 7) is 13.0. The summed E-state index contributed by atoms with van der Waals surface area (Å²) in [5, 5.41) is 9.40. The molecule has 7 heteroatoms. The van der Waals surface area contributed by atoms with Crippen molar-refractivity contribution in [1.29, 1.82) is 0 Å². The van der Waals surface area contributed by atoms with Crippen LogP contribution in [0.5, 0.6) is 0 Å². The number of rotatable bonds is 19. The molecule has 0 radical (unpaired) electrons. The highest BCUT2D eigenvalue weighted by Gasteiger charge is 2.02. The van der Waals surface area contributed by atoms with Crippen LogP contribution >= 0.6 is 40.5 Å². The van der Waals surface area contributed by atoms with E-state index in [9.17, 15) is 0 Å². The van der Waals surface area contributed by atoms with Crippen molar-refractivity contribution in [3.05, 3.63) is 0 Å². The van der Waals surface area contributed by atoms with E-state index in [1.54, 1.807) is 0 Å². The molecule has 2 N–H and O–H groups in total. The van der Waals surface area contributed by atoms with E-state index in [1.165, 1.54) is 98.9 Å². The summed E-state index contributed by atoms with van der Waals surface area (Å²) in [7, 11) is 0. The Balaban J connectivity index is 0. The fourth-order valence-electron chi connectivity index (χ4n) is 2.62. The van der Waals surface area contributed by atoms with Crippen molar-refractivity contribution in [2.24, 2.45) is 9.98 Å². The van der Waals surface area contributed by atoms with Crippen molar-refractivity contribution in [3.63, 3.8) is 0 Å². The summed E-state index contributed by atoms with van der Waals surface area (Å²) in [4.78, 5) is 9.52. The molecule has 0 atom stereocenters. The summed E-state index contributed by atoms with van der Waals surface area (Å²) in [5.74, 6) is 2.36. The maximum absolute atomic E-state index is 4.76. The number of amidine groups is 2. The molecule has 0 saturated carbocycles. The van der Waals surface area contributed by atoms with E-state index < -0.39 is 0 Å². The van der Waals surface area contributed by atoms with Gasteiger partial charge in [-0.3, -0.25) is 9.98 Å². The number of aliphatic imine (C=N–C) groups is 2. The minimum atomic E-state index is 0. The number of thioether (sulfide) groups is 2. The number of hydrogen-bond donors (Lipinski definition) is 2. The van der Waals surface area contributed by atoms with Gasteiger partial charge in [-0.25, -0.2) is 0 Å². The monoisotopic (exact) mass is 538 g/mol. The third-order valence-electron chi connectivity index (χ3n) is 4.66. The molecule has 0 aliphatic rings. The van der Waals surface area contributed by atoms with Crippen molar-refractivity contribution in [2.45, 2.75) is 105 Å². The molecule has 0 amide bonds. The smallest absolute Gasteiger partial charge is 0.156 e. The molecular weight excluding hydrogens is 488 g/mol. The zero-order valence-corrected chi connectivity index (χ0v) is 24.2. The van der Waals surface area contributed by atoms with Gasteiger partial charge in [-0.15, -0.1) is 17.0 Å². The van der Waals surface area contributed by atoms with Gasteiger partial charge in [0.25, 0.3) is 0 Å². The normalized spacial score (nSPS) is 12.0. The van der Waals surface area contributed by atoms with Crippen LogP contribution in [0.15, 0.2) is 9.98 Å². The van der Waals surface area contributed by atoms with Crippen molar-refractivity contribution in [1.82, 2.24) is 10.6 Å². The van der Waals surface area contributed by atoms with Gasteiger partial charge < -0.3 is 10.6 Å². The van der Waals surface area contributed by atoms with Gasteiger partial charge >= 0.3 is 0 Å². The van der Waals surface area contributed by atoms with Crippen molar-refractivity contribution >= 4 is 50.8 Å². The van der Waals surface area contributed by atoms with Gasteiger partial charge in [0.1, 0.15) is 0 Å². The highest BCUT2D eigenvalue weighted by molar-refractivity contribution is 8.93. The summed E-state index contributed by atoms with van der Waals surface area (Å²) >= 11 is 3.84. The maximum Gasteiger partial charge on any atom is 0.156 e. The summed E-state index contributed by atoms with van der Waals surface area (Å²) in [5.41, 5.74) is 0. The van der Waals surface area contributed by atoms with E-state index >= 15 is 0 Å². The predicted molar refractivity (Wildman–Crippen MR) is 154 cm³/mol. The average molecular weight is 540 g/mol. The van der Waals surface area contributed by atoms with Gasteiger partial charge in [-0.2, -0.15) is 0 Å². The van der Waals surface area contributed by atoms with Gasteiger partial charge in [0, 0.05) is 37.7 Å². The Kier molecular flexibility index (Phi) is 30.2. The molecule has 0 aromatic rings. The summed E-state index contributed by atoms with van der Waals surface area (Å²) in [6, 6.07) is 0. The van der Waals surface area contributed by atoms with Crippen LogP contribution in [-0.4, -0.2) is 48.0 Å². The minimum absolute atomic E-state index is 0. The third-order valence-corrected chi connectivity index (χ3v) is 6.74. The molecule has 0 aromatic heterocycles. The lowest BCUT2D eigenvalue weighted by Gasteiger charge is -2.10. The second-order valence-electron chi connectivity index (χ2n) is 7.75. The van der Waals surface area contributed by atoms with Gasteiger partial charge in [0.05, 0.1) is 0 Å². The van der Waals surface area contributed by atoms with Crippen LogP contribution in [0.4, 0.5) is 0 Å². The SMILES string of the molecule is Br.CCCCN=C(NCCCC)SCCCCCCSC(=NCCCC)NCCCC. The van der Waals surface area contributed by atoms with Crippen LogP contribution in [0.3, 0.4) is 0 Å². The van der Waals surface area contributed by atoms with Crippen LogP contribution < -0.4 is 10.6 Å². The van der Waals surface area contributed by atoms with Crippen molar-refractivity contribution in [3.8, 4) is 0 Å². The van der Waals surface area contributed by atoms with Crippen LogP contribution in [0.2, 0.25) is 0 Å². The Morgan fingerprint density at radius 2 is 0.935 bits per heavy atom. The van der Waals surface area contributed by atoms with Gasteiger partial charge in [0.15, 0.2) is 10.3 Å². The third kappa shape index (κ3) is 24.6. The number of unbranched alkanes of at least 4 members (excludes halogenated alkanes) is 7. The molecule has 0 bridgehead atoms. The highest BCUT2D eigenvalue weighted by atomic mass is 79.9. The number of halogens is 1. The molecule has 186 valence electrons. The zero-order chi connectivity index (χ0) is 22.1. The Morgan fingerprint density at radius 1 is 0.548 bits per heavy atom. The van der Waals surface area contributed by atoms with Crippen LogP contribution in [0, 0.1) is 0 Å². The molecular formula is C24H51BrN4S2. The molecule has 4 nitrogen and oxygen atoms in total. The largest absolute Gasteiger partial charge is 0.365 e. The molecule has 0 saturated heterocycles. The van der Waals surface area contributed by atoms with Crippen molar-refractivity contribution in [2.75, 3.05) is 37.7 Å². The van der Waals surface area contributed by atoms with Gasteiger partial charge in [0.2, 0.25) is 0 Å². The first-order valence-corrected chi connectivity index (χ1v) is 14.6. The van der Waals surface area contributed by atoms with E-state index in [2.05, 4.69) is 38.3 Å². The van der Waals surface area contributed by atoms with Crippen LogP contribution in [0.25, 0.3) is 0 Å². The second kappa shape index (κ2) is 28.2. The Bertz CT molecular complexity index is 382. The molecule has 0 aromatic carbocycles.